The van der Waals surface area contributed by atoms with Crippen LogP contribution in [0.5, 0.6) is 0 Å². The van der Waals surface area contributed by atoms with E-state index in [0.717, 1.165) is 0 Å². The van der Waals surface area contributed by atoms with E-state index in [9.17, 15) is 29.9 Å². The molecular formula is C17H23ClFO7Se+. The Kier molecular flexibility index (Phi) is 7.13. The Morgan fingerprint density at radius 1 is 1.26 bits per heavy atom. The first kappa shape index (κ1) is 21.4. The zero-order valence-corrected chi connectivity index (χ0v) is 16.8. The van der Waals surface area contributed by atoms with Gasteiger partial charge < -0.3 is 0 Å². The van der Waals surface area contributed by atoms with Crippen LogP contribution in [-0.4, -0.2) is 83.2 Å². The summed E-state index contributed by atoms with van der Waals surface area (Å²) in [5.41, 5.74) is 0.460. The summed E-state index contributed by atoms with van der Waals surface area (Å²) in [6, 6.07) is 3.99. The summed E-state index contributed by atoms with van der Waals surface area (Å²) in [6.45, 7) is -0.343. The molecule has 0 aromatic heterocycles. The number of halogens is 2. The van der Waals surface area contributed by atoms with Crippen molar-refractivity contribution < 1.29 is 39.4 Å². The van der Waals surface area contributed by atoms with Crippen molar-refractivity contribution in [3.8, 4) is 0 Å². The van der Waals surface area contributed by atoms with Crippen LogP contribution in [0.1, 0.15) is 11.9 Å². The van der Waals surface area contributed by atoms with E-state index in [4.69, 9.17) is 21.1 Å². The summed E-state index contributed by atoms with van der Waals surface area (Å²) >= 11 is 4.06. The molecular weight excluding hydrogens is 450 g/mol. The van der Waals surface area contributed by atoms with Crippen LogP contribution in [0, 0.1) is 5.82 Å². The Balaban J connectivity index is 1.68. The molecule has 152 valence electrons. The third-order valence-electron chi connectivity index (χ3n) is 4.83. The third kappa shape index (κ3) is 4.64. The van der Waals surface area contributed by atoms with Crippen LogP contribution in [0.4, 0.5) is 4.39 Å². The van der Waals surface area contributed by atoms with Gasteiger partial charge in [0.15, 0.2) is 0 Å². The van der Waals surface area contributed by atoms with Crippen LogP contribution < -0.4 is 0 Å². The number of hydrogen-bond donors (Lipinski definition) is 5. The molecule has 1 aromatic carbocycles. The van der Waals surface area contributed by atoms with Crippen molar-refractivity contribution >= 4 is 25.5 Å². The molecule has 0 radical (unpaired) electrons. The van der Waals surface area contributed by atoms with E-state index in [0.29, 0.717) is 10.9 Å². The molecule has 8 atom stereocenters. The van der Waals surface area contributed by atoms with Gasteiger partial charge in [-0.3, -0.25) is 0 Å². The van der Waals surface area contributed by atoms with Crippen molar-refractivity contribution in [2.24, 2.45) is 0 Å². The summed E-state index contributed by atoms with van der Waals surface area (Å²) in [5.74, 6) is -0.577. The second-order valence-electron chi connectivity index (χ2n) is 6.72. The van der Waals surface area contributed by atoms with Gasteiger partial charge in [0, 0.05) is 0 Å². The van der Waals surface area contributed by atoms with E-state index in [1.807, 2.05) is 0 Å². The van der Waals surface area contributed by atoms with Gasteiger partial charge in [-0.2, -0.15) is 0 Å². The standard InChI is InChI=1S/C17H23ClFO7Se/c18-9-3-8(1-2-10(9)19)17-25-5-11(21)16(26-17)13(23)7-27-6-12(22)15(24)14(27)4-20/h1-3,11-17,20-24H,4-7H2/q+1/t11-,12-,13-,14-,15+,16+,17?,27-/m1/s1. The second-order valence-corrected chi connectivity index (χ2v) is 12.1. The van der Waals surface area contributed by atoms with E-state index < -0.39 is 61.3 Å². The first-order valence-corrected chi connectivity index (χ1v) is 12.3. The van der Waals surface area contributed by atoms with Crippen molar-refractivity contribution in [1.29, 1.82) is 0 Å². The van der Waals surface area contributed by atoms with E-state index >= 15 is 0 Å². The molecule has 0 spiro atoms. The average molecular weight is 473 g/mol. The molecule has 3 rings (SSSR count). The quantitative estimate of drug-likeness (QED) is 0.389. The van der Waals surface area contributed by atoms with Crippen LogP contribution in [0.2, 0.25) is 20.5 Å². The maximum absolute atomic E-state index is 13.3. The molecule has 0 aliphatic carbocycles. The van der Waals surface area contributed by atoms with Gasteiger partial charge in [-0.1, -0.05) is 0 Å². The first-order chi connectivity index (χ1) is 12.8. The maximum atomic E-state index is 13.3. The monoisotopic (exact) mass is 473 g/mol. The van der Waals surface area contributed by atoms with Crippen LogP contribution >= 0.6 is 11.6 Å². The van der Waals surface area contributed by atoms with Gasteiger partial charge in [0.25, 0.3) is 0 Å². The number of ether oxygens (including phenoxy) is 2. The van der Waals surface area contributed by atoms with Crippen LogP contribution in [0.15, 0.2) is 18.2 Å². The topological polar surface area (TPSA) is 120 Å². The molecule has 7 nitrogen and oxygen atoms in total. The molecule has 1 aromatic rings. The molecule has 27 heavy (non-hydrogen) atoms. The van der Waals surface area contributed by atoms with Gasteiger partial charge in [-0.15, -0.1) is 0 Å². The summed E-state index contributed by atoms with van der Waals surface area (Å²) in [7, 11) is 0. The normalized spacial score (nSPS) is 38.1. The molecule has 1 unspecified atom stereocenters. The molecule has 2 saturated heterocycles. The number of rotatable bonds is 5. The predicted molar refractivity (Wildman–Crippen MR) is 95.2 cm³/mol. The Morgan fingerprint density at radius 3 is 2.67 bits per heavy atom. The van der Waals surface area contributed by atoms with Crippen LogP contribution in [0.25, 0.3) is 0 Å². The van der Waals surface area contributed by atoms with Gasteiger partial charge in [0.2, 0.25) is 0 Å². The Hall–Kier alpha value is -0.321. The molecule has 2 aliphatic rings. The first-order valence-electron chi connectivity index (χ1n) is 8.53. The molecule has 0 amide bonds. The van der Waals surface area contributed by atoms with E-state index in [1.54, 1.807) is 0 Å². The predicted octanol–water partition coefficient (Wildman–Crippen LogP) is 0.208. The number of aliphatic hydroxyl groups excluding tert-OH is 5. The molecule has 5 N–H and O–H groups in total. The fraction of sp³-hybridized carbons (Fsp3) is 0.647. The summed E-state index contributed by atoms with van der Waals surface area (Å²) in [5, 5.41) is 50.5. The van der Waals surface area contributed by atoms with E-state index in [1.165, 1.54) is 18.2 Å². The van der Waals surface area contributed by atoms with Gasteiger partial charge in [-0.25, -0.2) is 0 Å². The molecule has 2 fully saturated rings. The summed E-state index contributed by atoms with van der Waals surface area (Å²) in [4.78, 5) is -0.432. The Labute approximate surface area is 165 Å². The fourth-order valence-corrected chi connectivity index (χ4v) is 9.15. The minimum absolute atomic E-state index is 0.0826. The van der Waals surface area contributed by atoms with Gasteiger partial charge in [0.05, 0.1) is 0 Å². The Bertz CT molecular complexity index is 654. The van der Waals surface area contributed by atoms with Crippen molar-refractivity contribution in [2.75, 3.05) is 13.2 Å². The molecule has 2 heterocycles. The second kappa shape index (κ2) is 9.00. The molecule has 0 bridgehead atoms. The fourth-order valence-electron chi connectivity index (χ4n) is 3.34. The van der Waals surface area contributed by atoms with E-state index in [-0.39, 0.29) is 23.6 Å². The summed E-state index contributed by atoms with van der Waals surface area (Å²) < 4.78 is 24.5. The zero-order valence-electron chi connectivity index (χ0n) is 14.3. The number of hydrogen-bond acceptors (Lipinski definition) is 7. The third-order valence-corrected chi connectivity index (χ3v) is 11.0. The van der Waals surface area contributed by atoms with Gasteiger partial charge >= 0.3 is 165 Å². The van der Waals surface area contributed by atoms with Crippen molar-refractivity contribution in [2.45, 2.75) is 52.3 Å². The zero-order chi connectivity index (χ0) is 19.7. The molecule has 0 saturated carbocycles. The summed E-state index contributed by atoms with van der Waals surface area (Å²) in [6.07, 6.45) is -5.90. The van der Waals surface area contributed by atoms with Crippen molar-refractivity contribution in [1.82, 2.24) is 0 Å². The number of aliphatic hydroxyl groups is 5. The van der Waals surface area contributed by atoms with Crippen LogP contribution in [0.3, 0.4) is 0 Å². The van der Waals surface area contributed by atoms with Gasteiger partial charge in [-0.05, 0) is 0 Å². The van der Waals surface area contributed by atoms with Crippen molar-refractivity contribution in [3.63, 3.8) is 0 Å². The molecule has 2 aliphatic heterocycles. The average Bonchev–Trinajstić information content (AvgIpc) is 2.90. The Morgan fingerprint density at radius 2 is 2.00 bits per heavy atom. The minimum atomic E-state index is -1.72. The molecule has 10 heteroatoms. The SMILES string of the molecule is OC[C@@H]1[C@@H](O)[C@H](O)C[Se@+]1C[C@@H](O)[C@H]1OC(c2ccc(F)c(Cl)c2)OC[C@H]1O. The number of benzene rings is 1. The van der Waals surface area contributed by atoms with Gasteiger partial charge in [0.1, 0.15) is 0 Å². The van der Waals surface area contributed by atoms with E-state index in [2.05, 4.69) is 0 Å². The van der Waals surface area contributed by atoms with Crippen LogP contribution in [-0.2, 0) is 9.47 Å². The van der Waals surface area contributed by atoms with Crippen molar-refractivity contribution in [3.05, 3.63) is 34.6 Å².